The van der Waals surface area contributed by atoms with E-state index in [-0.39, 0.29) is 12.6 Å². The Morgan fingerprint density at radius 2 is 2.07 bits per heavy atom. The van der Waals surface area contributed by atoms with Gasteiger partial charge in [-0.1, -0.05) is 6.92 Å². The molecule has 0 heterocycles. The second kappa shape index (κ2) is 8.97. The van der Waals surface area contributed by atoms with Crippen LogP contribution in [0.5, 0.6) is 0 Å². The molecule has 0 radical (unpaired) electrons. The minimum Gasteiger partial charge on any atom is -0.466 e. The van der Waals surface area contributed by atoms with Gasteiger partial charge in [-0.2, -0.15) is 0 Å². The quantitative estimate of drug-likeness (QED) is 0.588. The first kappa shape index (κ1) is 13.4. The van der Waals surface area contributed by atoms with Crippen molar-refractivity contribution in [3.8, 4) is 0 Å². The van der Waals surface area contributed by atoms with E-state index in [0.717, 1.165) is 26.1 Å². The van der Waals surface area contributed by atoms with Gasteiger partial charge in [0.05, 0.1) is 13.0 Å². The second-order valence-corrected chi connectivity index (χ2v) is 3.07. The van der Waals surface area contributed by atoms with Crippen LogP contribution in [0.1, 0.15) is 26.7 Å². The number of aliphatic hydroxyl groups is 1. The fourth-order valence-electron chi connectivity index (χ4n) is 1.20. The molecule has 4 nitrogen and oxygen atoms in total. The zero-order valence-corrected chi connectivity index (χ0v) is 9.16. The van der Waals surface area contributed by atoms with E-state index in [0.29, 0.717) is 13.0 Å². The average molecular weight is 203 g/mol. The Balaban J connectivity index is 3.55. The van der Waals surface area contributed by atoms with E-state index in [1.807, 2.05) is 6.92 Å². The summed E-state index contributed by atoms with van der Waals surface area (Å²) in [5.41, 5.74) is 0. The first-order valence-electron chi connectivity index (χ1n) is 5.23. The minimum absolute atomic E-state index is 0.144. The Bertz CT molecular complexity index is 150. The van der Waals surface area contributed by atoms with Crippen LogP contribution in [0.2, 0.25) is 0 Å². The number of nitrogens with zero attached hydrogens (tertiary/aromatic N) is 1. The van der Waals surface area contributed by atoms with Gasteiger partial charge >= 0.3 is 5.97 Å². The van der Waals surface area contributed by atoms with Crippen LogP contribution in [0.15, 0.2) is 0 Å². The molecule has 0 atom stereocenters. The maximum Gasteiger partial charge on any atom is 0.307 e. The molecule has 0 bridgehead atoms. The van der Waals surface area contributed by atoms with Gasteiger partial charge in [-0.15, -0.1) is 0 Å². The monoisotopic (exact) mass is 203 g/mol. The van der Waals surface area contributed by atoms with Gasteiger partial charge < -0.3 is 14.7 Å². The highest BCUT2D eigenvalue weighted by atomic mass is 16.5. The summed E-state index contributed by atoms with van der Waals surface area (Å²) in [6.45, 7) is 6.96. The molecule has 14 heavy (non-hydrogen) atoms. The minimum atomic E-state index is -0.144. The molecule has 0 saturated carbocycles. The number of esters is 1. The lowest BCUT2D eigenvalue weighted by Crippen LogP contribution is -2.28. The zero-order valence-electron chi connectivity index (χ0n) is 9.16. The lowest BCUT2D eigenvalue weighted by molar-refractivity contribution is -0.143. The molecule has 0 amide bonds. The molecule has 0 aromatic rings. The van der Waals surface area contributed by atoms with Gasteiger partial charge in [0, 0.05) is 19.7 Å². The zero-order chi connectivity index (χ0) is 10.8. The predicted molar refractivity (Wildman–Crippen MR) is 55.1 cm³/mol. The van der Waals surface area contributed by atoms with Crippen molar-refractivity contribution < 1.29 is 14.6 Å². The number of aliphatic hydroxyl groups excluding tert-OH is 1. The molecule has 0 spiro atoms. The van der Waals surface area contributed by atoms with Crippen LogP contribution < -0.4 is 0 Å². The topological polar surface area (TPSA) is 49.8 Å². The van der Waals surface area contributed by atoms with Crippen LogP contribution in [0.25, 0.3) is 0 Å². The van der Waals surface area contributed by atoms with E-state index in [2.05, 4.69) is 4.90 Å². The van der Waals surface area contributed by atoms with E-state index in [9.17, 15) is 4.79 Å². The molecule has 0 aliphatic carbocycles. The second-order valence-electron chi connectivity index (χ2n) is 3.07. The first-order chi connectivity index (χ1) is 6.74. The molecule has 0 aliphatic rings. The van der Waals surface area contributed by atoms with Crippen molar-refractivity contribution in [1.29, 1.82) is 0 Å². The third-order valence-electron chi connectivity index (χ3n) is 2.02. The van der Waals surface area contributed by atoms with Crippen LogP contribution in [0.3, 0.4) is 0 Å². The Morgan fingerprint density at radius 1 is 1.36 bits per heavy atom. The highest BCUT2D eigenvalue weighted by molar-refractivity contribution is 5.69. The average Bonchev–Trinajstić information content (AvgIpc) is 2.19. The maximum absolute atomic E-state index is 11.0. The van der Waals surface area contributed by atoms with Gasteiger partial charge in [-0.25, -0.2) is 0 Å². The van der Waals surface area contributed by atoms with Gasteiger partial charge in [0.15, 0.2) is 0 Å². The summed E-state index contributed by atoms with van der Waals surface area (Å²) in [6.07, 6.45) is 1.20. The Kier molecular flexibility index (Phi) is 8.57. The molecule has 4 heteroatoms. The van der Waals surface area contributed by atoms with E-state index in [4.69, 9.17) is 9.84 Å². The van der Waals surface area contributed by atoms with E-state index in [1.165, 1.54) is 0 Å². The van der Waals surface area contributed by atoms with E-state index >= 15 is 0 Å². The Morgan fingerprint density at radius 3 is 2.57 bits per heavy atom. The molecule has 1 N–H and O–H groups in total. The standard InChI is InChI=1S/C10H21NO3/c1-3-11(7-5-9-12)8-6-10(13)14-4-2/h12H,3-9H2,1-2H3. The molecule has 0 aliphatic heterocycles. The van der Waals surface area contributed by atoms with Crippen LogP contribution in [0.4, 0.5) is 0 Å². The first-order valence-corrected chi connectivity index (χ1v) is 5.23. The summed E-state index contributed by atoms with van der Waals surface area (Å²) >= 11 is 0. The molecule has 0 saturated heterocycles. The van der Waals surface area contributed by atoms with Gasteiger partial charge in [0.1, 0.15) is 0 Å². The van der Waals surface area contributed by atoms with Crippen LogP contribution in [-0.4, -0.2) is 48.8 Å². The van der Waals surface area contributed by atoms with Crippen molar-refractivity contribution in [1.82, 2.24) is 4.90 Å². The normalized spacial score (nSPS) is 10.6. The lowest BCUT2D eigenvalue weighted by Gasteiger charge is -2.18. The fourth-order valence-corrected chi connectivity index (χ4v) is 1.20. The highest BCUT2D eigenvalue weighted by Crippen LogP contribution is 1.95. The summed E-state index contributed by atoms with van der Waals surface area (Å²) in [5, 5.41) is 8.65. The summed E-state index contributed by atoms with van der Waals surface area (Å²) in [5.74, 6) is -0.144. The predicted octanol–water partition coefficient (Wildman–Crippen LogP) is 0.644. The van der Waals surface area contributed by atoms with Crippen molar-refractivity contribution in [2.75, 3.05) is 32.8 Å². The molecule has 84 valence electrons. The number of ether oxygens (including phenoxy) is 1. The summed E-state index contributed by atoms with van der Waals surface area (Å²) in [4.78, 5) is 13.2. The van der Waals surface area contributed by atoms with E-state index < -0.39 is 0 Å². The number of hydrogen-bond acceptors (Lipinski definition) is 4. The Hall–Kier alpha value is -0.610. The van der Waals surface area contributed by atoms with Crippen LogP contribution in [0, 0.1) is 0 Å². The fraction of sp³-hybridized carbons (Fsp3) is 0.900. The van der Waals surface area contributed by atoms with Crippen molar-refractivity contribution in [3.05, 3.63) is 0 Å². The van der Waals surface area contributed by atoms with Crippen LogP contribution in [-0.2, 0) is 9.53 Å². The largest absolute Gasteiger partial charge is 0.466 e. The molecule has 0 aromatic carbocycles. The van der Waals surface area contributed by atoms with Gasteiger partial charge in [0.2, 0.25) is 0 Å². The molecular formula is C10H21NO3. The summed E-state index contributed by atoms with van der Waals surface area (Å²) in [7, 11) is 0. The van der Waals surface area contributed by atoms with Crippen molar-refractivity contribution >= 4 is 5.97 Å². The summed E-state index contributed by atoms with van der Waals surface area (Å²) < 4.78 is 4.83. The number of hydrogen-bond donors (Lipinski definition) is 1. The van der Waals surface area contributed by atoms with Crippen molar-refractivity contribution in [2.45, 2.75) is 26.7 Å². The van der Waals surface area contributed by atoms with Gasteiger partial charge in [0.25, 0.3) is 0 Å². The third-order valence-corrected chi connectivity index (χ3v) is 2.02. The number of carbonyl (C=O) groups excluding carboxylic acids is 1. The lowest BCUT2D eigenvalue weighted by atomic mass is 10.3. The molecular weight excluding hydrogens is 182 g/mol. The molecule has 0 fully saturated rings. The highest BCUT2D eigenvalue weighted by Gasteiger charge is 2.06. The Labute approximate surface area is 85.9 Å². The smallest absolute Gasteiger partial charge is 0.307 e. The summed E-state index contributed by atoms with van der Waals surface area (Å²) in [6, 6.07) is 0. The molecule has 0 aromatic heterocycles. The van der Waals surface area contributed by atoms with Crippen molar-refractivity contribution in [3.63, 3.8) is 0 Å². The van der Waals surface area contributed by atoms with E-state index in [1.54, 1.807) is 6.92 Å². The number of rotatable bonds is 8. The third kappa shape index (κ3) is 6.86. The van der Waals surface area contributed by atoms with Crippen LogP contribution >= 0.6 is 0 Å². The van der Waals surface area contributed by atoms with Gasteiger partial charge in [-0.05, 0) is 19.9 Å². The molecule has 0 unspecified atom stereocenters. The maximum atomic E-state index is 11.0. The number of carbonyl (C=O) groups is 1. The molecule has 0 rings (SSSR count). The van der Waals surface area contributed by atoms with Gasteiger partial charge in [-0.3, -0.25) is 4.79 Å². The SMILES string of the molecule is CCOC(=O)CCN(CC)CCCO. The van der Waals surface area contributed by atoms with Crippen molar-refractivity contribution in [2.24, 2.45) is 0 Å².